The maximum absolute atomic E-state index is 14.3. The molecule has 1 amide bonds. The maximum atomic E-state index is 14.3. The first-order chi connectivity index (χ1) is 16.5. The first-order valence-corrected chi connectivity index (χ1v) is 11.6. The average Bonchev–Trinajstić information content (AvgIpc) is 3.43. The Bertz CT molecular complexity index is 1270. The summed E-state index contributed by atoms with van der Waals surface area (Å²) in [5, 5.41) is 12.6. The number of rotatable bonds is 2. The van der Waals surface area contributed by atoms with Crippen LogP contribution in [0.15, 0.2) is 30.5 Å². The van der Waals surface area contributed by atoms with E-state index in [0.717, 1.165) is 36.9 Å². The van der Waals surface area contributed by atoms with E-state index in [1.54, 1.807) is 27.9 Å². The van der Waals surface area contributed by atoms with Gasteiger partial charge >= 0.3 is 0 Å². The molecule has 1 unspecified atom stereocenters. The van der Waals surface area contributed by atoms with Crippen molar-refractivity contribution in [3.63, 3.8) is 0 Å². The lowest BCUT2D eigenvalue weighted by molar-refractivity contribution is 0.0976. The molecule has 1 saturated heterocycles. The van der Waals surface area contributed by atoms with Crippen LogP contribution in [0.5, 0.6) is 0 Å². The van der Waals surface area contributed by atoms with Crippen LogP contribution in [0.4, 0.5) is 22.0 Å². The predicted octanol–water partition coefficient (Wildman–Crippen LogP) is 1.68. The van der Waals surface area contributed by atoms with E-state index in [1.165, 1.54) is 6.07 Å². The van der Waals surface area contributed by atoms with E-state index >= 15 is 0 Å². The van der Waals surface area contributed by atoms with Crippen LogP contribution >= 0.6 is 0 Å². The van der Waals surface area contributed by atoms with Crippen LogP contribution in [0.25, 0.3) is 0 Å². The maximum Gasteiger partial charge on any atom is 0.283 e. The van der Waals surface area contributed by atoms with Crippen molar-refractivity contribution in [1.82, 2.24) is 25.0 Å². The zero-order valence-electron chi connectivity index (χ0n) is 18.7. The molecule has 1 spiro atoms. The molecule has 2 aliphatic heterocycles. The first-order valence-electron chi connectivity index (χ1n) is 11.6. The zero-order valence-corrected chi connectivity index (χ0v) is 18.7. The number of hydrogen-bond acceptors (Lipinski definition) is 8. The van der Waals surface area contributed by atoms with Crippen LogP contribution < -0.4 is 21.3 Å². The normalized spacial score (nSPS) is 20.9. The number of aryl methyl sites for hydroxylation is 1. The van der Waals surface area contributed by atoms with Crippen molar-refractivity contribution in [3.8, 4) is 0 Å². The van der Waals surface area contributed by atoms with Gasteiger partial charge in [-0.05, 0) is 48.3 Å². The highest BCUT2D eigenvalue weighted by Gasteiger charge is 2.47. The molecular weight excluding hydrogens is 437 g/mol. The van der Waals surface area contributed by atoms with Gasteiger partial charge in [0.05, 0.1) is 6.20 Å². The number of benzene rings is 1. The Balaban J connectivity index is 1.18. The lowest BCUT2D eigenvalue weighted by atomic mass is 9.73. The second-order valence-corrected chi connectivity index (χ2v) is 9.38. The van der Waals surface area contributed by atoms with E-state index < -0.39 is 0 Å². The fourth-order valence-corrected chi connectivity index (χ4v) is 5.65. The van der Waals surface area contributed by atoms with Crippen LogP contribution in [0, 0.1) is 11.2 Å². The largest absolute Gasteiger partial charge is 0.382 e. The Kier molecular flexibility index (Phi) is 4.76. The molecule has 1 atom stereocenters. The molecule has 176 valence electrons. The van der Waals surface area contributed by atoms with Gasteiger partial charge in [0, 0.05) is 38.3 Å². The van der Waals surface area contributed by atoms with Gasteiger partial charge in [-0.1, -0.05) is 12.1 Å². The third-order valence-corrected chi connectivity index (χ3v) is 7.59. The van der Waals surface area contributed by atoms with Crippen molar-refractivity contribution in [2.45, 2.75) is 38.3 Å². The highest BCUT2D eigenvalue weighted by Crippen LogP contribution is 2.51. The van der Waals surface area contributed by atoms with Gasteiger partial charge in [0.2, 0.25) is 5.95 Å². The summed E-state index contributed by atoms with van der Waals surface area (Å²) in [5.74, 6) is 0.652. The van der Waals surface area contributed by atoms with Crippen molar-refractivity contribution in [2.75, 3.05) is 35.2 Å². The van der Waals surface area contributed by atoms with E-state index in [0.29, 0.717) is 37.8 Å². The third-order valence-electron chi connectivity index (χ3n) is 7.59. The molecule has 0 radical (unpaired) electrons. The average molecular weight is 464 g/mol. The molecular formula is C23H26FN9O. The summed E-state index contributed by atoms with van der Waals surface area (Å²) >= 11 is 0. The van der Waals surface area contributed by atoms with Crippen molar-refractivity contribution in [3.05, 3.63) is 53.1 Å². The Morgan fingerprint density at radius 2 is 1.94 bits per heavy atom. The molecule has 2 aromatic heterocycles. The molecule has 10 nitrogen and oxygen atoms in total. The van der Waals surface area contributed by atoms with Gasteiger partial charge in [-0.3, -0.25) is 9.69 Å². The Labute approximate surface area is 195 Å². The van der Waals surface area contributed by atoms with E-state index in [2.05, 4.69) is 20.3 Å². The molecule has 4 heterocycles. The topological polar surface area (TPSA) is 132 Å². The number of nitrogens with zero attached hydrogens (tertiary/aromatic N) is 7. The molecule has 1 fully saturated rings. The van der Waals surface area contributed by atoms with Gasteiger partial charge in [-0.25, -0.2) is 9.07 Å². The molecule has 4 N–H and O–H groups in total. The van der Waals surface area contributed by atoms with E-state index in [4.69, 9.17) is 11.5 Å². The van der Waals surface area contributed by atoms with Crippen LogP contribution in [0.2, 0.25) is 0 Å². The highest BCUT2D eigenvalue weighted by molar-refractivity contribution is 6.07. The summed E-state index contributed by atoms with van der Waals surface area (Å²) in [6, 6.07) is 6.77. The van der Waals surface area contributed by atoms with Crippen molar-refractivity contribution >= 4 is 23.5 Å². The summed E-state index contributed by atoms with van der Waals surface area (Å²) in [7, 11) is 0. The third kappa shape index (κ3) is 3.14. The van der Waals surface area contributed by atoms with E-state index in [-0.39, 0.29) is 34.7 Å². The number of carbonyl (C=O) groups is 1. The van der Waals surface area contributed by atoms with Gasteiger partial charge in [-0.2, -0.15) is 10.1 Å². The molecule has 11 heteroatoms. The number of aromatic nitrogens is 5. The number of anilines is 3. The number of nitrogen functional groups attached to an aromatic ring is 1. The summed E-state index contributed by atoms with van der Waals surface area (Å²) in [6.07, 6.45) is 4.67. The summed E-state index contributed by atoms with van der Waals surface area (Å²) < 4.78 is 16.1. The smallest absolute Gasteiger partial charge is 0.283 e. The monoisotopic (exact) mass is 463 g/mol. The van der Waals surface area contributed by atoms with Crippen molar-refractivity contribution < 1.29 is 9.18 Å². The number of piperidine rings is 1. The Morgan fingerprint density at radius 1 is 1.12 bits per heavy atom. The summed E-state index contributed by atoms with van der Waals surface area (Å²) in [6.45, 7) is 2.64. The molecule has 0 bridgehead atoms. The van der Waals surface area contributed by atoms with Gasteiger partial charge in [-0.15, -0.1) is 10.2 Å². The first kappa shape index (κ1) is 21.0. The van der Waals surface area contributed by atoms with Crippen molar-refractivity contribution in [1.29, 1.82) is 0 Å². The number of halogens is 1. The van der Waals surface area contributed by atoms with Crippen molar-refractivity contribution in [2.24, 2.45) is 11.1 Å². The number of fused-ring (bicyclic) bond motifs is 2. The van der Waals surface area contributed by atoms with Crippen LogP contribution in [-0.4, -0.2) is 50.5 Å². The summed E-state index contributed by atoms with van der Waals surface area (Å²) in [5.41, 5.74) is 14.3. The number of nitrogens with two attached hydrogens (primary N) is 2. The number of amides is 1. The SMILES string of the molecule is Nc1nc(N2CCC3(CC2)Cc2c(F)cccc2C3N)nnc1C(=O)N1CCCn2nccc21. The Hall–Kier alpha value is -3.60. The molecule has 1 aromatic carbocycles. The fourth-order valence-electron chi connectivity index (χ4n) is 5.65. The van der Waals surface area contributed by atoms with Gasteiger partial charge in [0.25, 0.3) is 5.91 Å². The number of hydrogen-bond donors (Lipinski definition) is 2. The standard InChI is InChI=1S/C23H26FN9O/c24-16-4-1-3-14-15(16)13-23(19(14)25)6-11-31(12-7-23)22-28-20(26)18(29-30-22)21(34)32-9-2-10-33-17(32)5-8-27-33/h1,3-5,8,19H,2,6-7,9-13,25H2,(H2,26,28,30). The lowest BCUT2D eigenvalue weighted by Gasteiger charge is -2.42. The fraction of sp³-hybridized carbons (Fsp3) is 0.435. The Morgan fingerprint density at radius 3 is 2.71 bits per heavy atom. The minimum Gasteiger partial charge on any atom is -0.382 e. The minimum absolute atomic E-state index is 0.0376. The second kappa shape index (κ2) is 7.73. The lowest BCUT2D eigenvalue weighted by Crippen LogP contribution is -2.45. The minimum atomic E-state index is -0.334. The molecule has 0 saturated carbocycles. The van der Waals surface area contributed by atoms with Gasteiger partial charge in [0.1, 0.15) is 11.6 Å². The number of carbonyl (C=O) groups excluding carboxylic acids is 1. The quantitative estimate of drug-likeness (QED) is 0.587. The second-order valence-electron chi connectivity index (χ2n) is 9.38. The zero-order chi connectivity index (χ0) is 23.4. The summed E-state index contributed by atoms with van der Waals surface area (Å²) in [4.78, 5) is 21.1. The van der Waals surface area contributed by atoms with E-state index in [1.807, 2.05) is 11.0 Å². The molecule has 34 heavy (non-hydrogen) atoms. The highest BCUT2D eigenvalue weighted by atomic mass is 19.1. The predicted molar refractivity (Wildman–Crippen MR) is 124 cm³/mol. The molecule has 3 aliphatic rings. The van der Waals surface area contributed by atoms with Gasteiger partial charge in [0.15, 0.2) is 11.5 Å². The van der Waals surface area contributed by atoms with Crippen LogP contribution in [0.3, 0.4) is 0 Å². The molecule has 3 aromatic rings. The molecule has 6 rings (SSSR count). The van der Waals surface area contributed by atoms with Crippen LogP contribution in [0.1, 0.15) is 46.9 Å². The van der Waals surface area contributed by atoms with E-state index in [9.17, 15) is 9.18 Å². The molecule has 1 aliphatic carbocycles. The van der Waals surface area contributed by atoms with Crippen LogP contribution in [-0.2, 0) is 13.0 Å². The van der Waals surface area contributed by atoms with Gasteiger partial charge < -0.3 is 16.4 Å².